The fourth-order valence-corrected chi connectivity index (χ4v) is 2.17. The van der Waals surface area contributed by atoms with Crippen molar-refractivity contribution >= 4 is 5.78 Å². The maximum atomic E-state index is 12.3. The van der Waals surface area contributed by atoms with E-state index in [9.17, 15) is 4.79 Å². The summed E-state index contributed by atoms with van der Waals surface area (Å²) in [6.07, 6.45) is 3.56. The van der Waals surface area contributed by atoms with E-state index in [1.54, 1.807) is 0 Å². The molecule has 1 unspecified atom stereocenters. The van der Waals surface area contributed by atoms with Gasteiger partial charge >= 0.3 is 0 Å². The molecule has 2 heteroatoms. The third-order valence-corrected chi connectivity index (χ3v) is 3.66. The lowest BCUT2D eigenvalue weighted by Crippen LogP contribution is -2.34. The second-order valence-corrected chi connectivity index (χ2v) is 6.57. The van der Waals surface area contributed by atoms with Crippen LogP contribution in [-0.4, -0.2) is 18.4 Å². The minimum Gasteiger partial charge on any atom is -0.307 e. The van der Waals surface area contributed by atoms with Gasteiger partial charge in [-0.15, -0.1) is 0 Å². The summed E-state index contributed by atoms with van der Waals surface area (Å²) >= 11 is 0. The first-order valence-corrected chi connectivity index (χ1v) is 7.74. The number of benzene rings is 1. The highest BCUT2D eigenvalue weighted by molar-refractivity contribution is 5.99. The van der Waals surface area contributed by atoms with Crippen LogP contribution in [0.1, 0.15) is 69.8 Å². The Morgan fingerprint density at radius 3 is 2.25 bits per heavy atom. The van der Waals surface area contributed by atoms with Crippen LogP contribution in [0, 0.1) is 0 Å². The summed E-state index contributed by atoms with van der Waals surface area (Å²) in [6.45, 7) is 11.6. The summed E-state index contributed by atoms with van der Waals surface area (Å²) in [7, 11) is 0. The largest absolute Gasteiger partial charge is 0.307 e. The zero-order valence-corrected chi connectivity index (χ0v) is 13.6. The quantitative estimate of drug-likeness (QED) is 0.592. The maximum absolute atomic E-state index is 12.3. The van der Waals surface area contributed by atoms with Crippen LogP contribution in [0.15, 0.2) is 24.3 Å². The van der Waals surface area contributed by atoms with Crippen molar-refractivity contribution in [1.29, 1.82) is 0 Å². The number of carbonyl (C=O) groups is 1. The third kappa shape index (κ3) is 5.09. The van der Waals surface area contributed by atoms with Crippen molar-refractivity contribution in [2.45, 2.75) is 65.3 Å². The maximum Gasteiger partial charge on any atom is 0.179 e. The lowest BCUT2D eigenvalue weighted by molar-refractivity contribution is 0.0951. The van der Waals surface area contributed by atoms with Crippen LogP contribution >= 0.6 is 0 Å². The predicted molar refractivity (Wildman–Crippen MR) is 86.5 cm³/mol. The molecule has 2 nitrogen and oxygen atoms in total. The van der Waals surface area contributed by atoms with E-state index in [2.05, 4.69) is 45.1 Å². The fraction of sp³-hybridized carbons (Fsp3) is 0.611. The molecular weight excluding hydrogens is 246 g/mol. The number of rotatable bonds is 7. The van der Waals surface area contributed by atoms with Crippen LogP contribution in [0.3, 0.4) is 0 Å². The average molecular weight is 275 g/mol. The molecular formula is C18H29NO. The Morgan fingerprint density at radius 1 is 1.15 bits per heavy atom. The summed E-state index contributed by atoms with van der Waals surface area (Å²) in [4.78, 5) is 12.3. The molecule has 1 N–H and O–H groups in total. The first-order chi connectivity index (χ1) is 9.36. The molecule has 1 atom stereocenters. The zero-order valence-electron chi connectivity index (χ0n) is 13.6. The number of unbranched alkanes of at least 4 members (excludes halogenated alkanes) is 2. The Bertz CT molecular complexity index is 414. The number of nitrogens with one attached hydrogen (secondary N) is 1. The molecule has 0 bridgehead atoms. The molecule has 1 aromatic rings. The Balaban J connectivity index is 2.59. The minimum atomic E-state index is -0.104. The molecule has 0 spiro atoms. The first-order valence-electron chi connectivity index (χ1n) is 7.74. The average Bonchev–Trinajstić information content (AvgIpc) is 2.41. The molecule has 0 amide bonds. The van der Waals surface area contributed by atoms with Crippen molar-refractivity contribution in [3.63, 3.8) is 0 Å². The van der Waals surface area contributed by atoms with Gasteiger partial charge in [0.2, 0.25) is 0 Å². The number of hydrogen-bond donors (Lipinski definition) is 1. The molecule has 1 rings (SSSR count). The normalized spacial score (nSPS) is 13.2. The summed E-state index contributed by atoms with van der Waals surface area (Å²) in [5, 5.41) is 3.31. The van der Waals surface area contributed by atoms with Crippen LogP contribution in [0.2, 0.25) is 0 Å². The van der Waals surface area contributed by atoms with Gasteiger partial charge in [0.05, 0.1) is 6.04 Å². The molecule has 0 heterocycles. The van der Waals surface area contributed by atoms with E-state index in [-0.39, 0.29) is 17.2 Å². The van der Waals surface area contributed by atoms with Crippen LogP contribution < -0.4 is 5.32 Å². The highest BCUT2D eigenvalue weighted by Crippen LogP contribution is 2.22. The smallest absolute Gasteiger partial charge is 0.179 e. The lowest BCUT2D eigenvalue weighted by atomic mass is 9.86. The van der Waals surface area contributed by atoms with Crippen LogP contribution in [0.4, 0.5) is 0 Å². The van der Waals surface area contributed by atoms with E-state index in [1.165, 1.54) is 18.4 Å². The molecule has 1 aromatic carbocycles. The Labute approximate surface area is 124 Å². The van der Waals surface area contributed by atoms with Crippen molar-refractivity contribution < 1.29 is 4.79 Å². The molecule has 0 fully saturated rings. The molecule has 20 heavy (non-hydrogen) atoms. The van der Waals surface area contributed by atoms with Gasteiger partial charge in [-0.05, 0) is 30.9 Å². The molecule has 0 aliphatic heterocycles. The first kappa shape index (κ1) is 16.9. The van der Waals surface area contributed by atoms with E-state index < -0.39 is 0 Å². The number of carbonyl (C=O) groups excluding carboxylic acids is 1. The molecule has 0 aliphatic rings. The molecule has 0 aromatic heterocycles. The monoisotopic (exact) mass is 275 g/mol. The van der Waals surface area contributed by atoms with Crippen molar-refractivity contribution in [2.75, 3.05) is 6.54 Å². The van der Waals surface area contributed by atoms with E-state index in [4.69, 9.17) is 0 Å². The number of hydrogen-bond acceptors (Lipinski definition) is 2. The predicted octanol–water partition coefficient (Wildman–Crippen LogP) is 4.34. The molecule has 0 aliphatic carbocycles. The standard InChI is InChI=1S/C18H29NO/c1-6-7-8-13-19-14(2)17(20)15-9-11-16(12-10-15)18(3,4)5/h9-12,14,19H,6-8,13H2,1-5H3. The van der Waals surface area contributed by atoms with Gasteiger partial charge in [-0.1, -0.05) is 64.8 Å². The van der Waals surface area contributed by atoms with Gasteiger partial charge in [0.1, 0.15) is 0 Å². The summed E-state index contributed by atoms with van der Waals surface area (Å²) < 4.78 is 0. The number of ketones is 1. The molecule has 0 saturated heterocycles. The highest BCUT2D eigenvalue weighted by atomic mass is 16.1. The van der Waals surface area contributed by atoms with Crippen molar-refractivity contribution in [3.8, 4) is 0 Å². The van der Waals surface area contributed by atoms with Crippen LogP contribution in [0.5, 0.6) is 0 Å². The Kier molecular flexibility index (Phi) is 6.41. The van der Waals surface area contributed by atoms with Crippen LogP contribution in [0.25, 0.3) is 0 Å². The van der Waals surface area contributed by atoms with Gasteiger partial charge in [0, 0.05) is 5.56 Å². The van der Waals surface area contributed by atoms with Gasteiger partial charge in [0.25, 0.3) is 0 Å². The second-order valence-electron chi connectivity index (χ2n) is 6.57. The van der Waals surface area contributed by atoms with E-state index in [0.717, 1.165) is 18.5 Å². The highest BCUT2D eigenvalue weighted by Gasteiger charge is 2.17. The van der Waals surface area contributed by atoms with Gasteiger partial charge < -0.3 is 5.32 Å². The van der Waals surface area contributed by atoms with Crippen molar-refractivity contribution in [1.82, 2.24) is 5.32 Å². The molecule has 0 saturated carbocycles. The third-order valence-electron chi connectivity index (χ3n) is 3.66. The van der Waals surface area contributed by atoms with Crippen molar-refractivity contribution in [2.24, 2.45) is 0 Å². The van der Waals surface area contributed by atoms with Gasteiger partial charge in [-0.2, -0.15) is 0 Å². The van der Waals surface area contributed by atoms with Gasteiger partial charge in [-0.3, -0.25) is 4.79 Å². The second kappa shape index (κ2) is 7.58. The van der Waals surface area contributed by atoms with Crippen LogP contribution in [-0.2, 0) is 5.41 Å². The zero-order chi connectivity index (χ0) is 15.2. The van der Waals surface area contributed by atoms with E-state index in [1.807, 2.05) is 19.1 Å². The van der Waals surface area contributed by atoms with Gasteiger partial charge in [-0.25, -0.2) is 0 Å². The minimum absolute atomic E-state index is 0.104. The molecule has 0 radical (unpaired) electrons. The number of Topliss-reactive ketones (excluding diaryl/α,β-unsaturated/α-hetero) is 1. The topological polar surface area (TPSA) is 29.1 Å². The van der Waals surface area contributed by atoms with E-state index >= 15 is 0 Å². The summed E-state index contributed by atoms with van der Waals surface area (Å²) in [6, 6.07) is 7.93. The Morgan fingerprint density at radius 2 is 1.75 bits per heavy atom. The fourth-order valence-electron chi connectivity index (χ4n) is 2.17. The molecule has 112 valence electrons. The van der Waals surface area contributed by atoms with Gasteiger partial charge in [0.15, 0.2) is 5.78 Å². The van der Waals surface area contributed by atoms with Crippen molar-refractivity contribution in [3.05, 3.63) is 35.4 Å². The Hall–Kier alpha value is -1.15. The van der Waals surface area contributed by atoms with E-state index in [0.29, 0.717) is 0 Å². The SMILES string of the molecule is CCCCCNC(C)C(=O)c1ccc(C(C)(C)C)cc1. The summed E-state index contributed by atoms with van der Waals surface area (Å²) in [5.74, 6) is 0.182. The lowest BCUT2D eigenvalue weighted by Gasteiger charge is -2.19. The summed E-state index contributed by atoms with van der Waals surface area (Å²) in [5.41, 5.74) is 2.19.